The van der Waals surface area contributed by atoms with E-state index in [4.69, 9.17) is 0 Å². The molecule has 3 aliphatic rings. The highest BCUT2D eigenvalue weighted by Gasteiger charge is 2.49. The Morgan fingerprint density at radius 3 is 2.38 bits per heavy atom. The van der Waals surface area contributed by atoms with Gasteiger partial charge >= 0.3 is 6.03 Å². The number of sulfonamides is 1. The number of hydrogen-bond acceptors (Lipinski definition) is 5. The summed E-state index contributed by atoms with van der Waals surface area (Å²) < 4.78 is 27.1. The summed E-state index contributed by atoms with van der Waals surface area (Å²) in [5.41, 5.74) is 3.06. The quantitative estimate of drug-likeness (QED) is 0.637. The van der Waals surface area contributed by atoms with E-state index in [1.165, 1.54) is 20.3 Å². The number of urea groups is 1. The van der Waals surface area contributed by atoms with Crippen LogP contribution < -0.4 is 5.32 Å². The average Bonchev–Trinajstić information content (AvgIpc) is 3.38. The minimum absolute atomic E-state index is 0.0278. The first-order chi connectivity index (χ1) is 16.3. The number of hydrogen-bond donors (Lipinski definition) is 1. The van der Waals surface area contributed by atoms with Gasteiger partial charge in [0.2, 0.25) is 10.0 Å². The second kappa shape index (κ2) is 8.79. The van der Waals surface area contributed by atoms with Crippen molar-refractivity contribution in [3.8, 4) is 0 Å². The van der Waals surface area contributed by atoms with Gasteiger partial charge in [0.1, 0.15) is 5.54 Å². The van der Waals surface area contributed by atoms with Gasteiger partial charge in [-0.25, -0.2) is 18.1 Å². The number of rotatable bonds is 6. The molecule has 0 spiro atoms. The summed E-state index contributed by atoms with van der Waals surface area (Å²) in [5, 5.41) is 2.89. The molecule has 8 nitrogen and oxygen atoms in total. The minimum Gasteiger partial charge on any atom is -0.319 e. The fraction of sp³-hybridized carbons (Fsp3) is 0.440. The summed E-state index contributed by atoms with van der Waals surface area (Å²) >= 11 is 0. The second-order valence-electron chi connectivity index (χ2n) is 9.53. The molecule has 2 aromatic rings. The third-order valence-electron chi connectivity index (χ3n) is 7.21. The monoisotopic (exact) mass is 482 g/mol. The molecule has 34 heavy (non-hydrogen) atoms. The van der Waals surface area contributed by atoms with Crippen molar-refractivity contribution in [1.82, 2.24) is 19.4 Å². The largest absolute Gasteiger partial charge is 0.326 e. The molecule has 0 unspecified atom stereocenters. The standard InChI is InChI=1S/C25H30N4O4S/c1-25(22-11-10-20-8-5-9-21(20)16-22)23(30)29(24(31)26-25)18-27-12-14-28(15-13-27)34(32,33)17-19-6-3-2-4-7-19/h2-4,6-7,10-11,16H,5,8-9,12-15,17-18H2,1H3,(H,26,31)/t25-/m0/s1. The van der Waals surface area contributed by atoms with Crippen LogP contribution in [0.15, 0.2) is 48.5 Å². The van der Waals surface area contributed by atoms with Crippen molar-refractivity contribution in [1.29, 1.82) is 0 Å². The van der Waals surface area contributed by atoms with Crippen LogP contribution in [0, 0.1) is 0 Å². The highest BCUT2D eigenvalue weighted by atomic mass is 32.2. The van der Waals surface area contributed by atoms with Crippen molar-refractivity contribution < 1.29 is 18.0 Å². The Bertz CT molecular complexity index is 1210. The number of carbonyl (C=O) groups excluding carboxylic acids is 2. The molecule has 1 aliphatic carbocycles. The molecule has 2 aliphatic heterocycles. The molecule has 1 atom stereocenters. The zero-order valence-corrected chi connectivity index (χ0v) is 20.2. The fourth-order valence-corrected chi connectivity index (χ4v) is 6.65. The molecular weight excluding hydrogens is 452 g/mol. The normalized spacial score (nSPS) is 23.9. The van der Waals surface area contributed by atoms with E-state index in [9.17, 15) is 18.0 Å². The molecule has 2 fully saturated rings. The van der Waals surface area contributed by atoms with Crippen molar-refractivity contribution >= 4 is 22.0 Å². The summed E-state index contributed by atoms with van der Waals surface area (Å²) in [5.74, 6) is -0.297. The fourth-order valence-electron chi connectivity index (χ4n) is 5.13. The van der Waals surface area contributed by atoms with E-state index in [1.807, 2.05) is 41.3 Å². The van der Waals surface area contributed by atoms with Gasteiger partial charge < -0.3 is 5.32 Å². The number of carbonyl (C=O) groups is 2. The van der Waals surface area contributed by atoms with Crippen molar-refractivity contribution in [2.45, 2.75) is 37.5 Å². The van der Waals surface area contributed by atoms with Crippen LogP contribution in [-0.4, -0.2) is 67.3 Å². The van der Waals surface area contributed by atoms with E-state index in [0.717, 1.165) is 30.4 Å². The van der Waals surface area contributed by atoms with E-state index >= 15 is 0 Å². The molecule has 0 bridgehead atoms. The highest BCUT2D eigenvalue weighted by Crippen LogP contribution is 2.32. The van der Waals surface area contributed by atoms with Gasteiger partial charge in [0.05, 0.1) is 12.4 Å². The number of nitrogens with one attached hydrogen (secondary N) is 1. The number of piperazine rings is 1. The zero-order chi connectivity index (χ0) is 23.9. The lowest BCUT2D eigenvalue weighted by atomic mass is 9.90. The number of fused-ring (bicyclic) bond motifs is 1. The van der Waals surface area contributed by atoms with Crippen LogP contribution in [-0.2, 0) is 39.0 Å². The molecule has 2 heterocycles. The van der Waals surface area contributed by atoms with Crippen LogP contribution in [0.3, 0.4) is 0 Å². The van der Waals surface area contributed by atoms with Crippen LogP contribution >= 0.6 is 0 Å². The van der Waals surface area contributed by atoms with Gasteiger partial charge in [0, 0.05) is 26.2 Å². The van der Waals surface area contributed by atoms with Gasteiger partial charge in [0.15, 0.2) is 0 Å². The predicted molar refractivity (Wildman–Crippen MR) is 128 cm³/mol. The van der Waals surface area contributed by atoms with E-state index in [2.05, 4.69) is 17.4 Å². The van der Waals surface area contributed by atoms with Crippen LogP contribution in [0.2, 0.25) is 0 Å². The molecule has 1 N–H and O–H groups in total. The molecule has 9 heteroatoms. The summed E-state index contributed by atoms with van der Waals surface area (Å²) in [6, 6.07) is 14.8. The predicted octanol–water partition coefficient (Wildman–Crippen LogP) is 2.05. The third-order valence-corrected chi connectivity index (χ3v) is 9.06. The van der Waals surface area contributed by atoms with Gasteiger partial charge in [0.25, 0.3) is 5.91 Å². The average molecular weight is 483 g/mol. The number of imide groups is 1. The van der Waals surface area contributed by atoms with Gasteiger partial charge in [-0.3, -0.25) is 9.69 Å². The molecular formula is C25H30N4O4S. The summed E-state index contributed by atoms with van der Waals surface area (Å²) in [6.45, 7) is 3.50. The van der Waals surface area contributed by atoms with Gasteiger partial charge in [-0.2, -0.15) is 4.31 Å². The lowest BCUT2D eigenvalue weighted by Gasteiger charge is -2.35. The summed E-state index contributed by atoms with van der Waals surface area (Å²) in [6.07, 6.45) is 3.18. The summed E-state index contributed by atoms with van der Waals surface area (Å²) in [4.78, 5) is 29.3. The van der Waals surface area contributed by atoms with E-state index in [1.54, 1.807) is 6.92 Å². The van der Waals surface area contributed by atoms with Crippen LogP contribution in [0.5, 0.6) is 0 Å². The molecule has 5 rings (SSSR count). The Labute approximate surface area is 200 Å². The van der Waals surface area contributed by atoms with Crippen molar-refractivity contribution in [3.63, 3.8) is 0 Å². The Kier molecular flexibility index (Phi) is 5.95. The van der Waals surface area contributed by atoms with Crippen molar-refractivity contribution in [2.24, 2.45) is 0 Å². The molecule has 2 saturated heterocycles. The molecule has 2 aromatic carbocycles. The first-order valence-electron chi connectivity index (χ1n) is 11.8. The maximum atomic E-state index is 13.3. The van der Waals surface area contributed by atoms with Crippen LogP contribution in [0.1, 0.15) is 35.6 Å². The first kappa shape index (κ1) is 23.0. The van der Waals surface area contributed by atoms with Gasteiger partial charge in [-0.15, -0.1) is 0 Å². The van der Waals surface area contributed by atoms with Crippen molar-refractivity contribution in [2.75, 3.05) is 32.8 Å². The minimum atomic E-state index is -3.42. The van der Waals surface area contributed by atoms with E-state index in [0.29, 0.717) is 26.2 Å². The van der Waals surface area contributed by atoms with E-state index in [-0.39, 0.29) is 18.3 Å². The second-order valence-corrected chi connectivity index (χ2v) is 11.5. The first-order valence-corrected chi connectivity index (χ1v) is 13.4. The Balaban J connectivity index is 1.22. The van der Waals surface area contributed by atoms with E-state index < -0.39 is 21.6 Å². The molecule has 0 saturated carbocycles. The molecule has 3 amide bonds. The number of amides is 3. The Morgan fingerprint density at radius 2 is 1.65 bits per heavy atom. The van der Waals surface area contributed by atoms with Gasteiger partial charge in [-0.05, 0) is 48.4 Å². The molecule has 0 aromatic heterocycles. The lowest BCUT2D eigenvalue weighted by Crippen LogP contribution is -2.53. The maximum Gasteiger partial charge on any atom is 0.326 e. The molecule has 0 radical (unpaired) electrons. The zero-order valence-electron chi connectivity index (χ0n) is 19.4. The van der Waals surface area contributed by atoms with Crippen LogP contribution in [0.25, 0.3) is 0 Å². The van der Waals surface area contributed by atoms with Crippen LogP contribution in [0.4, 0.5) is 4.79 Å². The van der Waals surface area contributed by atoms with Gasteiger partial charge in [-0.1, -0.05) is 48.5 Å². The highest BCUT2D eigenvalue weighted by molar-refractivity contribution is 7.88. The number of benzene rings is 2. The topological polar surface area (TPSA) is 90.0 Å². The number of aryl methyl sites for hydroxylation is 2. The summed E-state index contributed by atoms with van der Waals surface area (Å²) in [7, 11) is -3.42. The Morgan fingerprint density at radius 1 is 0.941 bits per heavy atom. The Hall–Kier alpha value is -2.75. The smallest absolute Gasteiger partial charge is 0.319 e. The van der Waals surface area contributed by atoms with Crippen molar-refractivity contribution in [3.05, 3.63) is 70.8 Å². The lowest BCUT2D eigenvalue weighted by molar-refractivity contribution is -0.132. The molecule has 180 valence electrons. The maximum absolute atomic E-state index is 13.3. The SMILES string of the molecule is C[C@@]1(c2ccc3c(c2)CCC3)NC(=O)N(CN2CCN(S(=O)(=O)Cc3ccccc3)CC2)C1=O. The number of nitrogens with zero attached hydrogens (tertiary/aromatic N) is 3. The third kappa shape index (κ3) is 4.23.